The molecule has 3 rings (SSSR count). The Kier molecular flexibility index (Phi) is 7.00. The van der Waals surface area contributed by atoms with Crippen molar-refractivity contribution in [3.05, 3.63) is 29.6 Å². The van der Waals surface area contributed by atoms with Crippen LogP contribution in [-0.2, 0) is 14.3 Å². The highest BCUT2D eigenvalue weighted by Gasteiger charge is 2.44. The molecular formula is C18H23F3N2O5. The number of pyridine rings is 1. The number of alkyl halides is 3. The summed E-state index contributed by atoms with van der Waals surface area (Å²) in [5.41, 5.74) is 1.16. The minimum absolute atomic E-state index is 0.00208. The predicted molar refractivity (Wildman–Crippen MR) is 91.9 cm³/mol. The number of aliphatic carboxylic acids is 1. The molecule has 28 heavy (non-hydrogen) atoms. The second-order valence-corrected chi connectivity index (χ2v) is 6.85. The van der Waals surface area contributed by atoms with Crippen LogP contribution in [0, 0.1) is 6.92 Å². The number of nitrogens with zero attached hydrogens (tertiary/aromatic N) is 2. The number of amides is 1. The molecule has 1 spiro atoms. The van der Waals surface area contributed by atoms with Crippen LogP contribution in [0.2, 0.25) is 0 Å². The molecule has 10 heteroatoms. The van der Waals surface area contributed by atoms with Gasteiger partial charge in [0.1, 0.15) is 5.69 Å². The predicted octanol–water partition coefficient (Wildman–Crippen LogP) is 2.43. The van der Waals surface area contributed by atoms with Crippen molar-refractivity contribution < 1.29 is 37.3 Å². The van der Waals surface area contributed by atoms with Crippen LogP contribution in [0.5, 0.6) is 0 Å². The van der Waals surface area contributed by atoms with Crippen molar-refractivity contribution in [1.29, 1.82) is 0 Å². The van der Waals surface area contributed by atoms with E-state index >= 15 is 0 Å². The molecule has 2 atom stereocenters. The number of carboxylic acids is 1. The number of likely N-dealkylation sites (tertiary alicyclic amines) is 1. The summed E-state index contributed by atoms with van der Waals surface area (Å²) in [6.45, 7) is 3.94. The largest absolute Gasteiger partial charge is 0.490 e. The Hall–Kier alpha value is -2.20. The molecule has 2 fully saturated rings. The fourth-order valence-corrected chi connectivity index (χ4v) is 3.33. The number of carbonyl (C=O) groups is 2. The van der Waals surface area contributed by atoms with Crippen LogP contribution in [-0.4, -0.2) is 71.6 Å². The number of hydrogen-bond donors (Lipinski definition) is 1. The number of methoxy groups -OCH3 is 1. The fraction of sp³-hybridized carbons (Fsp3) is 0.611. The lowest BCUT2D eigenvalue weighted by Crippen LogP contribution is -2.50. The lowest BCUT2D eigenvalue weighted by Gasteiger charge is -2.39. The zero-order valence-corrected chi connectivity index (χ0v) is 15.7. The summed E-state index contributed by atoms with van der Waals surface area (Å²) >= 11 is 0. The average molecular weight is 404 g/mol. The summed E-state index contributed by atoms with van der Waals surface area (Å²) in [5.74, 6) is -2.75. The zero-order chi connectivity index (χ0) is 20.9. The smallest absolute Gasteiger partial charge is 0.475 e. The van der Waals surface area contributed by atoms with Crippen molar-refractivity contribution in [2.24, 2.45) is 0 Å². The Labute approximate surface area is 160 Å². The van der Waals surface area contributed by atoms with E-state index in [0.717, 1.165) is 31.5 Å². The summed E-state index contributed by atoms with van der Waals surface area (Å²) in [6, 6.07) is 5.56. The number of piperidine rings is 1. The highest BCUT2D eigenvalue weighted by Crippen LogP contribution is 2.35. The van der Waals surface area contributed by atoms with E-state index in [1.54, 1.807) is 13.2 Å². The summed E-state index contributed by atoms with van der Waals surface area (Å²) in [6.07, 6.45) is -2.10. The molecule has 0 unspecified atom stereocenters. The van der Waals surface area contributed by atoms with Gasteiger partial charge in [-0.2, -0.15) is 13.2 Å². The van der Waals surface area contributed by atoms with E-state index in [1.807, 2.05) is 24.0 Å². The van der Waals surface area contributed by atoms with Gasteiger partial charge in [0.15, 0.2) is 0 Å². The van der Waals surface area contributed by atoms with Crippen molar-refractivity contribution in [2.75, 3.05) is 26.8 Å². The Morgan fingerprint density at radius 2 is 2.07 bits per heavy atom. The minimum Gasteiger partial charge on any atom is -0.475 e. The van der Waals surface area contributed by atoms with Crippen LogP contribution in [0.1, 0.15) is 35.4 Å². The number of carboxylic acid groups (broad SMARTS) is 1. The molecule has 0 saturated carbocycles. The van der Waals surface area contributed by atoms with Gasteiger partial charge in [0.2, 0.25) is 0 Å². The van der Waals surface area contributed by atoms with Crippen LogP contribution in [0.25, 0.3) is 0 Å². The molecule has 7 nitrogen and oxygen atoms in total. The lowest BCUT2D eigenvalue weighted by atomic mass is 9.89. The molecule has 0 radical (unpaired) electrons. The van der Waals surface area contributed by atoms with Crippen LogP contribution in [0.3, 0.4) is 0 Å². The number of hydrogen-bond acceptors (Lipinski definition) is 5. The van der Waals surface area contributed by atoms with Gasteiger partial charge in [0.05, 0.1) is 24.9 Å². The van der Waals surface area contributed by atoms with E-state index in [-0.39, 0.29) is 17.6 Å². The summed E-state index contributed by atoms with van der Waals surface area (Å²) in [7, 11) is 1.72. The number of carbonyl (C=O) groups excluding carboxylic acids is 1. The van der Waals surface area contributed by atoms with Gasteiger partial charge in [-0.3, -0.25) is 4.79 Å². The molecule has 3 heterocycles. The van der Waals surface area contributed by atoms with Crippen molar-refractivity contribution in [3.63, 3.8) is 0 Å². The van der Waals surface area contributed by atoms with E-state index < -0.39 is 12.1 Å². The van der Waals surface area contributed by atoms with Crippen molar-refractivity contribution in [1.82, 2.24) is 9.88 Å². The number of aryl methyl sites for hydroxylation is 1. The molecular weight excluding hydrogens is 381 g/mol. The second-order valence-electron chi connectivity index (χ2n) is 6.85. The molecule has 2 saturated heterocycles. The van der Waals surface area contributed by atoms with Gasteiger partial charge in [-0.15, -0.1) is 0 Å². The Balaban J connectivity index is 0.000000345. The van der Waals surface area contributed by atoms with Gasteiger partial charge < -0.3 is 19.5 Å². The number of halogens is 3. The monoisotopic (exact) mass is 404 g/mol. The average Bonchev–Trinajstić information content (AvgIpc) is 3.03. The summed E-state index contributed by atoms with van der Waals surface area (Å²) in [5, 5.41) is 7.12. The third-order valence-corrected chi connectivity index (χ3v) is 4.69. The second kappa shape index (κ2) is 8.87. The minimum atomic E-state index is -5.08. The Morgan fingerprint density at radius 3 is 2.61 bits per heavy atom. The molecule has 156 valence electrons. The van der Waals surface area contributed by atoms with E-state index in [9.17, 15) is 18.0 Å². The normalized spacial score (nSPS) is 24.6. The molecule has 1 amide bonds. The number of rotatable bonds is 2. The SMILES string of the molecule is CO[C@H]1CO[C@@]2(CCCN(C(=O)c3cccc(C)n3)C2)C1.O=C(O)C(F)(F)F. The van der Waals surface area contributed by atoms with Crippen LogP contribution in [0.15, 0.2) is 18.2 Å². The molecule has 2 aliphatic heterocycles. The van der Waals surface area contributed by atoms with Crippen molar-refractivity contribution in [2.45, 2.75) is 44.1 Å². The third kappa shape index (κ3) is 5.65. The van der Waals surface area contributed by atoms with E-state index in [2.05, 4.69) is 4.98 Å². The maximum atomic E-state index is 12.6. The molecule has 1 aromatic rings. The fourth-order valence-electron chi connectivity index (χ4n) is 3.33. The summed E-state index contributed by atoms with van der Waals surface area (Å²) < 4.78 is 43.1. The first-order valence-corrected chi connectivity index (χ1v) is 8.76. The van der Waals surface area contributed by atoms with E-state index in [0.29, 0.717) is 18.8 Å². The highest BCUT2D eigenvalue weighted by atomic mass is 19.4. The molecule has 0 aliphatic carbocycles. The standard InChI is InChI=1S/C16H22N2O3.C2HF3O2/c1-12-5-3-6-14(17-12)15(19)18-8-4-7-16(11-18)9-13(20-2)10-21-16;3-2(4,5)1(6)7/h3,5-6,13H,4,7-11H2,1-2H3;(H,6,7)/t13-,16+;/m1./s1. The van der Waals surface area contributed by atoms with Gasteiger partial charge in [0.25, 0.3) is 5.91 Å². The van der Waals surface area contributed by atoms with E-state index in [1.165, 1.54) is 0 Å². The van der Waals surface area contributed by atoms with Crippen LogP contribution < -0.4 is 0 Å². The Morgan fingerprint density at radius 1 is 1.39 bits per heavy atom. The van der Waals surface area contributed by atoms with Crippen LogP contribution in [0.4, 0.5) is 13.2 Å². The third-order valence-electron chi connectivity index (χ3n) is 4.69. The van der Waals surface area contributed by atoms with Gasteiger partial charge in [-0.05, 0) is 31.9 Å². The molecule has 0 bridgehead atoms. The van der Waals surface area contributed by atoms with Crippen LogP contribution >= 0.6 is 0 Å². The number of aromatic nitrogens is 1. The van der Waals surface area contributed by atoms with Gasteiger partial charge in [-0.25, -0.2) is 9.78 Å². The molecule has 2 aliphatic rings. The van der Waals surface area contributed by atoms with E-state index in [4.69, 9.17) is 19.4 Å². The Bertz CT molecular complexity index is 713. The molecule has 0 aromatic carbocycles. The molecule has 1 aromatic heterocycles. The van der Waals surface area contributed by atoms with Crippen molar-refractivity contribution in [3.8, 4) is 0 Å². The van der Waals surface area contributed by atoms with Gasteiger partial charge in [0, 0.05) is 25.8 Å². The van der Waals surface area contributed by atoms with Crippen molar-refractivity contribution >= 4 is 11.9 Å². The first-order chi connectivity index (χ1) is 13.1. The summed E-state index contributed by atoms with van der Waals surface area (Å²) in [4.78, 5) is 27.7. The van der Waals surface area contributed by atoms with Gasteiger partial charge >= 0.3 is 12.1 Å². The topological polar surface area (TPSA) is 89.0 Å². The van der Waals surface area contributed by atoms with Gasteiger partial charge in [-0.1, -0.05) is 6.07 Å². The molecule has 1 N–H and O–H groups in total. The first kappa shape index (κ1) is 22.1. The first-order valence-electron chi connectivity index (χ1n) is 8.76. The maximum Gasteiger partial charge on any atom is 0.490 e. The quantitative estimate of drug-likeness (QED) is 0.815. The maximum absolute atomic E-state index is 12.6. The number of ether oxygens (including phenoxy) is 2. The lowest BCUT2D eigenvalue weighted by molar-refractivity contribution is -0.192. The highest BCUT2D eigenvalue weighted by molar-refractivity contribution is 5.92. The zero-order valence-electron chi connectivity index (χ0n) is 15.7.